The van der Waals surface area contributed by atoms with Gasteiger partial charge in [0.2, 0.25) is 0 Å². The zero-order valence-electron chi connectivity index (χ0n) is 10.9. The summed E-state index contributed by atoms with van der Waals surface area (Å²) in [5.74, 6) is 1.67. The van der Waals surface area contributed by atoms with E-state index in [4.69, 9.17) is 4.74 Å². The van der Waals surface area contributed by atoms with Crippen LogP contribution in [-0.4, -0.2) is 20.7 Å². The molecule has 3 heteroatoms. The van der Waals surface area contributed by atoms with E-state index >= 15 is 0 Å². The van der Waals surface area contributed by atoms with Gasteiger partial charge in [-0.15, -0.1) is 0 Å². The molecule has 0 bridgehead atoms. The van der Waals surface area contributed by atoms with E-state index in [9.17, 15) is 0 Å². The van der Waals surface area contributed by atoms with E-state index < -0.39 is 0 Å². The third-order valence-electron chi connectivity index (χ3n) is 2.94. The Morgan fingerprint density at radius 2 is 2.18 bits per heavy atom. The normalized spacial score (nSPS) is 12.5. The highest BCUT2D eigenvalue weighted by Crippen LogP contribution is 2.26. The minimum absolute atomic E-state index is 0.674. The third-order valence-corrected chi connectivity index (χ3v) is 3.43. The smallest absolute Gasteiger partial charge is 0.122 e. The van der Waals surface area contributed by atoms with Crippen molar-refractivity contribution in [1.82, 2.24) is 5.32 Å². The van der Waals surface area contributed by atoms with Gasteiger partial charge < -0.3 is 10.1 Å². The van der Waals surface area contributed by atoms with E-state index in [0.717, 1.165) is 23.2 Å². The SMILES string of the molecule is CCCC(CNC)Cc1cc(Br)ccc1OC. The highest BCUT2D eigenvalue weighted by atomic mass is 79.9. The van der Waals surface area contributed by atoms with E-state index in [2.05, 4.69) is 34.2 Å². The molecule has 0 radical (unpaired) electrons. The lowest BCUT2D eigenvalue weighted by atomic mass is 9.94. The van der Waals surface area contributed by atoms with Crippen LogP contribution in [0.4, 0.5) is 0 Å². The summed E-state index contributed by atoms with van der Waals surface area (Å²) in [5, 5.41) is 3.27. The number of nitrogens with one attached hydrogen (secondary N) is 1. The number of benzene rings is 1. The summed E-state index contributed by atoms with van der Waals surface area (Å²) in [6.07, 6.45) is 3.54. The lowest BCUT2D eigenvalue weighted by Crippen LogP contribution is -2.20. The Morgan fingerprint density at radius 1 is 1.41 bits per heavy atom. The average molecular weight is 300 g/mol. The predicted octanol–water partition coefficient (Wildman–Crippen LogP) is 3.64. The number of rotatable bonds is 7. The Hall–Kier alpha value is -0.540. The van der Waals surface area contributed by atoms with Crippen molar-refractivity contribution in [3.05, 3.63) is 28.2 Å². The zero-order chi connectivity index (χ0) is 12.7. The van der Waals surface area contributed by atoms with Crippen LogP contribution in [0.15, 0.2) is 22.7 Å². The molecule has 1 unspecified atom stereocenters. The number of ether oxygens (including phenoxy) is 1. The topological polar surface area (TPSA) is 21.3 Å². The Kier molecular flexibility index (Phi) is 6.60. The summed E-state index contributed by atoms with van der Waals surface area (Å²) < 4.78 is 6.53. The molecule has 0 heterocycles. The van der Waals surface area contributed by atoms with Crippen molar-refractivity contribution >= 4 is 15.9 Å². The molecule has 0 aliphatic rings. The van der Waals surface area contributed by atoms with Crippen LogP contribution in [0, 0.1) is 5.92 Å². The first-order chi connectivity index (χ1) is 8.21. The van der Waals surface area contributed by atoms with E-state index in [1.54, 1.807) is 7.11 Å². The van der Waals surface area contributed by atoms with Gasteiger partial charge in [0.1, 0.15) is 5.75 Å². The standard InChI is InChI=1S/C14H22BrNO/c1-4-5-11(10-16-2)8-12-9-13(15)6-7-14(12)17-3/h6-7,9,11,16H,4-5,8,10H2,1-3H3. The van der Waals surface area contributed by atoms with Crippen LogP contribution in [0.25, 0.3) is 0 Å². The van der Waals surface area contributed by atoms with Crippen LogP contribution >= 0.6 is 15.9 Å². The van der Waals surface area contributed by atoms with E-state index in [1.807, 2.05) is 19.2 Å². The Morgan fingerprint density at radius 3 is 2.76 bits per heavy atom. The second-order valence-corrected chi connectivity index (χ2v) is 5.29. The molecule has 1 aromatic carbocycles. The highest BCUT2D eigenvalue weighted by molar-refractivity contribution is 9.10. The molecule has 96 valence electrons. The Bertz CT molecular complexity index is 335. The molecular formula is C14H22BrNO. The van der Waals surface area contributed by atoms with Crippen molar-refractivity contribution in [2.24, 2.45) is 5.92 Å². The Balaban J connectivity index is 2.79. The maximum Gasteiger partial charge on any atom is 0.122 e. The van der Waals surface area contributed by atoms with Crippen LogP contribution in [0.1, 0.15) is 25.3 Å². The van der Waals surface area contributed by atoms with Gasteiger partial charge in [-0.3, -0.25) is 0 Å². The summed E-state index contributed by atoms with van der Waals surface area (Å²) >= 11 is 3.52. The minimum Gasteiger partial charge on any atom is -0.496 e. The summed E-state index contributed by atoms with van der Waals surface area (Å²) in [7, 11) is 3.75. The van der Waals surface area contributed by atoms with Gasteiger partial charge in [0.15, 0.2) is 0 Å². The Labute approximate surface area is 113 Å². The van der Waals surface area contributed by atoms with Gasteiger partial charge in [-0.1, -0.05) is 29.3 Å². The molecular weight excluding hydrogens is 278 g/mol. The third kappa shape index (κ3) is 4.68. The zero-order valence-corrected chi connectivity index (χ0v) is 12.5. The second-order valence-electron chi connectivity index (χ2n) is 4.37. The first-order valence-corrected chi connectivity index (χ1v) is 6.97. The maximum atomic E-state index is 5.42. The molecule has 0 aliphatic carbocycles. The number of methoxy groups -OCH3 is 1. The highest BCUT2D eigenvalue weighted by Gasteiger charge is 2.11. The quantitative estimate of drug-likeness (QED) is 0.830. The molecule has 0 saturated carbocycles. The van der Waals surface area contributed by atoms with Crippen molar-refractivity contribution in [3.8, 4) is 5.75 Å². The average Bonchev–Trinajstić information content (AvgIpc) is 2.30. The van der Waals surface area contributed by atoms with Gasteiger partial charge in [-0.2, -0.15) is 0 Å². The second kappa shape index (κ2) is 7.72. The first-order valence-electron chi connectivity index (χ1n) is 6.18. The molecule has 0 saturated heterocycles. The summed E-state index contributed by atoms with van der Waals surface area (Å²) in [5.41, 5.74) is 1.29. The van der Waals surface area contributed by atoms with Crippen molar-refractivity contribution in [2.75, 3.05) is 20.7 Å². The fraction of sp³-hybridized carbons (Fsp3) is 0.571. The molecule has 17 heavy (non-hydrogen) atoms. The summed E-state index contributed by atoms with van der Waals surface area (Å²) in [6, 6.07) is 6.22. The molecule has 0 aliphatic heterocycles. The van der Waals surface area contributed by atoms with Crippen LogP contribution in [0.3, 0.4) is 0 Å². The molecule has 2 nitrogen and oxygen atoms in total. The monoisotopic (exact) mass is 299 g/mol. The fourth-order valence-electron chi connectivity index (χ4n) is 2.19. The molecule has 0 amide bonds. The number of hydrogen-bond donors (Lipinski definition) is 1. The summed E-state index contributed by atoms with van der Waals surface area (Å²) in [6.45, 7) is 3.30. The lowest BCUT2D eigenvalue weighted by Gasteiger charge is -2.17. The van der Waals surface area contributed by atoms with Crippen LogP contribution in [0.2, 0.25) is 0 Å². The molecule has 1 rings (SSSR count). The van der Waals surface area contributed by atoms with Gasteiger partial charge in [-0.25, -0.2) is 0 Å². The van der Waals surface area contributed by atoms with Crippen molar-refractivity contribution in [2.45, 2.75) is 26.2 Å². The number of halogens is 1. The molecule has 0 aromatic heterocycles. The van der Waals surface area contributed by atoms with E-state index in [-0.39, 0.29) is 0 Å². The van der Waals surface area contributed by atoms with Crippen molar-refractivity contribution in [3.63, 3.8) is 0 Å². The van der Waals surface area contributed by atoms with Crippen LogP contribution < -0.4 is 10.1 Å². The molecule has 0 spiro atoms. The van der Waals surface area contributed by atoms with Gasteiger partial charge in [0.25, 0.3) is 0 Å². The van der Waals surface area contributed by atoms with Crippen molar-refractivity contribution in [1.29, 1.82) is 0 Å². The van der Waals surface area contributed by atoms with Crippen LogP contribution in [0.5, 0.6) is 5.75 Å². The molecule has 1 atom stereocenters. The van der Waals surface area contributed by atoms with Crippen molar-refractivity contribution < 1.29 is 4.74 Å². The first kappa shape index (κ1) is 14.5. The molecule has 1 N–H and O–H groups in total. The largest absolute Gasteiger partial charge is 0.496 e. The lowest BCUT2D eigenvalue weighted by molar-refractivity contribution is 0.397. The molecule has 1 aromatic rings. The number of hydrogen-bond acceptors (Lipinski definition) is 2. The van der Waals surface area contributed by atoms with E-state index in [0.29, 0.717) is 5.92 Å². The molecule has 0 fully saturated rings. The van der Waals surface area contributed by atoms with Gasteiger partial charge in [-0.05, 0) is 56.1 Å². The van der Waals surface area contributed by atoms with Gasteiger partial charge in [0, 0.05) is 4.47 Å². The van der Waals surface area contributed by atoms with Gasteiger partial charge in [0.05, 0.1) is 7.11 Å². The minimum atomic E-state index is 0.674. The predicted molar refractivity (Wildman–Crippen MR) is 76.7 cm³/mol. The maximum absolute atomic E-state index is 5.42. The van der Waals surface area contributed by atoms with E-state index in [1.165, 1.54) is 18.4 Å². The fourth-order valence-corrected chi connectivity index (χ4v) is 2.60. The van der Waals surface area contributed by atoms with Gasteiger partial charge >= 0.3 is 0 Å². The summed E-state index contributed by atoms with van der Waals surface area (Å²) in [4.78, 5) is 0. The van der Waals surface area contributed by atoms with Crippen LogP contribution in [-0.2, 0) is 6.42 Å².